The Morgan fingerprint density at radius 3 is 2.69 bits per heavy atom. The van der Waals surface area contributed by atoms with E-state index in [0.717, 1.165) is 61.5 Å². The monoisotopic (exact) mass is 456 g/mol. The number of aryl methyl sites for hydroxylation is 3. The molecule has 5 heterocycles. The van der Waals surface area contributed by atoms with E-state index in [2.05, 4.69) is 16.9 Å². The molecule has 3 aromatic heterocycles. The van der Waals surface area contributed by atoms with Crippen molar-refractivity contribution in [3.05, 3.63) is 39.9 Å². The van der Waals surface area contributed by atoms with Crippen molar-refractivity contribution in [1.82, 2.24) is 29.3 Å². The molecule has 2 aliphatic heterocycles. The van der Waals surface area contributed by atoms with E-state index in [-0.39, 0.29) is 18.0 Å². The molecule has 2 N–H and O–H groups in total. The number of anilines is 1. The van der Waals surface area contributed by atoms with Crippen molar-refractivity contribution in [1.29, 1.82) is 0 Å². The number of nitrogens with two attached hydrogens (primary N) is 1. The van der Waals surface area contributed by atoms with Crippen LogP contribution < -0.4 is 10.6 Å². The van der Waals surface area contributed by atoms with Gasteiger partial charge in [-0.25, -0.2) is 9.50 Å². The van der Waals surface area contributed by atoms with Gasteiger partial charge in [0.15, 0.2) is 5.65 Å². The van der Waals surface area contributed by atoms with Gasteiger partial charge in [-0.15, -0.1) is 0 Å². The molecule has 32 heavy (non-hydrogen) atoms. The third-order valence-electron chi connectivity index (χ3n) is 6.61. The summed E-state index contributed by atoms with van der Waals surface area (Å²) in [7, 11) is 1.76. The Hall–Kier alpha value is -2.65. The van der Waals surface area contributed by atoms with Crippen LogP contribution in [-0.2, 0) is 7.05 Å². The lowest BCUT2D eigenvalue weighted by atomic mass is 9.99. The van der Waals surface area contributed by atoms with Crippen LogP contribution in [0.2, 0.25) is 5.02 Å². The van der Waals surface area contributed by atoms with E-state index in [0.29, 0.717) is 23.0 Å². The number of amides is 1. The number of carbonyl (C=O) groups is 1. The Labute approximate surface area is 192 Å². The first-order valence-electron chi connectivity index (χ1n) is 11.2. The zero-order valence-electron chi connectivity index (χ0n) is 18.8. The Bertz CT molecular complexity index is 1180. The predicted molar refractivity (Wildman–Crippen MR) is 123 cm³/mol. The van der Waals surface area contributed by atoms with E-state index < -0.39 is 0 Å². The highest BCUT2D eigenvalue weighted by atomic mass is 35.5. The van der Waals surface area contributed by atoms with Crippen LogP contribution in [-0.4, -0.2) is 60.9 Å². The lowest BCUT2D eigenvalue weighted by Gasteiger charge is -2.34. The maximum Gasteiger partial charge on any atom is 0.274 e. The van der Waals surface area contributed by atoms with Gasteiger partial charge < -0.3 is 15.5 Å². The summed E-state index contributed by atoms with van der Waals surface area (Å²) in [4.78, 5) is 22.5. The molecule has 3 aromatic rings. The highest BCUT2D eigenvalue weighted by Gasteiger charge is 2.34. The average Bonchev–Trinajstić information content (AvgIpc) is 3.44. The molecule has 2 aliphatic rings. The Morgan fingerprint density at radius 2 is 2.00 bits per heavy atom. The zero-order valence-corrected chi connectivity index (χ0v) is 19.5. The van der Waals surface area contributed by atoms with Gasteiger partial charge >= 0.3 is 0 Å². The predicted octanol–water partition coefficient (Wildman–Crippen LogP) is 2.64. The van der Waals surface area contributed by atoms with Crippen LogP contribution in [0.1, 0.15) is 59.2 Å². The van der Waals surface area contributed by atoms with Gasteiger partial charge in [0.2, 0.25) is 0 Å². The molecule has 0 aromatic carbocycles. The van der Waals surface area contributed by atoms with Gasteiger partial charge in [0.05, 0.1) is 22.5 Å². The number of fused-ring (bicyclic) bond motifs is 1. The molecule has 9 nitrogen and oxygen atoms in total. The molecule has 2 saturated heterocycles. The highest BCUT2D eigenvalue weighted by Crippen LogP contribution is 2.34. The molecule has 170 valence electrons. The van der Waals surface area contributed by atoms with Crippen LogP contribution >= 0.6 is 11.6 Å². The second kappa shape index (κ2) is 8.04. The molecule has 0 aliphatic carbocycles. The number of aromatic nitrogens is 5. The summed E-state index contributed by atoms with van der Waals surface area (Å²) in [5.41, 5.74) is 9.90. The number of piperidine rings is 1. The average molecular weight is 457 g/mol. The zero-order chi connectivity index (χ0) is 22.6. The molecule has 0 radical (unpaired) electrons. The first-order valence-corrected chi connectivity index (χ1v) is 11.6. The quantitative estimate of drug-likeness (QED) is 0.650. The lowest BCUT2D eigenvalue weighted by Crippen LogP contribution is -2.39. The molecule has 10 heteroatoms. The maximum atomic E-state index is 13.5. The molecule has 0 spiro atoms. The molecule has 0 saturated carbocycles. The van der Waals surface area contributed by atoms with E-state index in [4.69, 9.17) is 27.4 Å². The minimum absolute atomic E-state index is 0.101. The number of hydrogen-bond acceptors (Lipinski definition) is 6. The number of likely N-dealkylation sites (tertiary alicyclic amines) is 1. The van der Waals surface area contributed by atoms with E-state index in [1.165, 1.54) is 0 Å². The Balaban J connectivity index is 1.49. The molecule has 0 bridgehead atoms. The molecule has 2 atom stereocenters. The SMILES string of the molecule is Cc1cn2nc(C3CCCCN3C(=O)c3c(Cl)c(C)nn3C)cc2nc1N1CCC(N)C1. The Morgan fingerprint density at radius 1 is 1.19 bits per heavy atom. The number of rotatable bonds is 3. The summed E-state index contributed by atoms with van der Waals surface area (Å²) >= 11 is 6.42. The fraction of sp³-hybridized carbons (Fsp3) is 0.545. The van der Waals surface area contributed by atoms with Crippen LogP contribution in [0.3, 0.4) is 0 Å². The molecule has 2 fully saturated rings. The number of halogens is 1. The van der Waals surface area contributed by atoms with Crippen LogP contribution in [0, 0.1) is 13.8 Å². The van der Waals surface area contributed by atoms with Gasteiger partial charge in [-0.2, -0.15) is 10.2 Å². The summed E-state index contributed by atoms with van der Waals surface area (Å²) in [6.07, 6.45) is 5.86. The fourth-order valence-corrected chi connectivity index (χ4v) is 5.21. The fourth-order valence-electron chi connectivity index (χ4n) is 4.96. The van der Waals surface area contributed by atoms with E-state index in [9.17, 15) is 4.79 Å². The van der Waals surface area contributed by atoms with Crippen molar-refractivity contribution in [3.63, 3.8) is 0 Å². The third kappa shape index (κ3) is 3.53. The molecule has 2 unspecified atom stereocenters. The highest BCUT2D eigenvalue weighted by molar-refractivity contribution is 6.34. The normalized spacial score (nSPS) is 21.7. The van der Waals surface area contributed by atoms with Gasteiger partial charge in [-0.3, -0.25) is 9.48 Å². The summed E-state index contributed by atoms with van der Waals surface area (Å²) in [5.74, 6) is 0.862. The van der Waals surface area contributed by atoms with E-state index >= 15 is 0 Å². The standard InChI is InChI=1S/C22H29ClN8O/c1-13-11-31-18(25-21(13)29-9-7-15(24)12-29)10-16(27-31)17-6-4-5-8-30(17)22(32)20-19(23)14(2)26-28(20)3/h10-11,15,17H,4-9,12,24H2,1-3H3. The minimum Gasteiger partial charge on any atom is -0.355 e. The molecule has 5 rings (SSSR count). The largest absolute Gasteiger partial charge is 0.355 e. The van der Waals surface area contributed by atoms with Gasteiger partial charge in [0.1, 0.15) is 11.5 Å². The molecule has 1 amide bonds. The maximum absolute atomic E-state index is 13.5. The number of hydrogen-bond donors (Lipinski definition) is 1. The number of nitrogens with zero attached hydrogens (tertiary/aromatic N) is 7. The Kier molecular flexibility index (Phi) is 5.33. The van der Waals surface area contributed by atoms with Crippen molar-refractivity contribution >= 4 is 29.0 Å². The molecular weight excluding hydrogens is 428 g/mol. The summed E-state index contributed by atoms with van der Waals surface area (Å²) in [5, 5.41) is 9.55. The van der Waals surface area contributed by atoms with Crippen LogP contribution in [0.5, 0.6) is 0 Å². The van der Waals surface area contributed by atoms with Crippen molar-refractivity contribution in [3.8, 4) is 0 Å². The first-order chi connectivity index (χ1) is 15.3. The second-order valence-electron chi connectivity index (χ2n) is 9.00. The van der Waals surface area contributed by atoms with Crippen molar-refractivity contribution in [2.75, 3.05) is 24.5 Å². The van der Waals surface area contributed by atoms with Gasteiger partial charge in [-0.05, 0) is 39.5 Å². The van der Waals surface area contributed by atoms with Gasteiger partial charge in [0, 0.05) is 50.6 Å². The second-order valence-corrected chi connectivity index (χ2v) is 9.37. The van der Waals surface area contributed by atoms with E-state index in [1.807, 2.05) is 28.6 Å². The smallest absolute Gasteiger partial charge is 0.274 e. The van der Waals surface area contributed by atoms with Gasteiger partial charge in [-0.1, -0.05) is 11.6 Å². The summed E-state index contributed by atoms with van der Waals surface area (Å²) < 4.78 is 3.40. The van der Waals surface area contributed by atoms with Crippen molar-refractivity contribution in [2.24, 2.45) is 12.8 Å². The molecular formula is C22H29ClN8O. The van der Waals surface area contributed by atoms with Crippen LogP contribution in [0.4, 0.5) is 5.82 Å². The third-order valence-corrected chi connectivity index (χ3v) is 7.06. The summed E-state index contributed by atoms with van der Waals surface area (Å²) in [6, 6.07) is 2.08. The van der Waals surface area contributed by atoms with Gasteiger partial charge in [0.25, 0.3) is 5.91 Å². The minimum atomic E-state index is -0.117. The lowest BCUT2D eigenvalue weighted by molar-refractivity contribution is 0.0594. The topological polar surface area (TPSA) is 97.6 Å². The number of carbonyl (C=O) groups excluding carboxylic acids is 1. The first kappa shape index (κ1) is 21.2. The van der Waals surface area contributed by atoms with Crippen molar-refractivity contribution in [2.45, 2.75) is 51.6 Å². The van der Waals surface area contributed by atoms with Crippen LogP contribution in [0.15, 0.2) is 12.3 Å². The van der Waals surface area contributed by atoms with Crippen LogP contribution in [0.25, 0.3) is 5.65 Å². The van der Waals surface area contributed by atoms with Crippen molar-refractivity contribution < 1.29 is 4.79 Å². The summed E-state index contributed by atoms with van der Waals surface area (Å²) in [6.45, 7) is 6.27. The van der Waals surface area contributed by atoms with E-state index in [1.54, 1.807) is 11.7 Å².